The van der Waals surface area contributed by atoms with Crippen LogP contribution in [0.4, 0.5) is 5.69 Å². The largest absolute Gasteiger partial charge is 0.331 e. The summed E-state index contributed by atoms with van der Waals surface area (Å²) in [6.45, 7) is 3.62. The number of hydrazine groups is 1. The highest BCUT2D eigenvalue weighted by atomic mass is 32.1. The molecule has 4 nitrogen and oxygen atoms in total. The number of rotatable bonds is 2. The number of anilines is 1. The molecule has 16 heavy (non-hydrogen) atoms. The van der Waals surface area contributed by atoms with Gasteiger partial charge in [0.15, 0.2) is 5.11 Å². The molecule has 5 heteroatoms. The van der Waals surface area contributed by atoms with Crippen molar-refractivity contribution in [2.75, 3.05) is 5.32 Å². The maximum absolute atomic E-state index is 11.2. The summed E-state index contributed by atoms with van der Waals surface area (Å²) >= 11 is 5.00. The van der Waals surface area contributed by atoms with Crippen LogP contribution in [0.2, 0.25) is 0 Å². The first-order valence-corrected chi connectivity index (χ1v) is 5.42. The van der Waals surface area contributed by atoms with E-state index in [0.717, 1.165) is 5.69 Å². The van der Waals surface area contributed by atoms with Crippen molar-refractivity contribution in [3.05, 3.63) is 30.3 Å². The van der Waals surface area contributed by atoms with Gasteiger partial charge in [-0.15, -0.1) is 0 Å². The summed E-state index contributed by atoms with van der Waals surface area (Å²) in [5.74, 6) is -0.177. The Morgan fingerprint density at radius 2 is 1.81 bits per heavy atom. The Balaban J connectivity index is 2.35. The van der Waals surface area contributed by atoms with E-state index >= 15 is 0 Å². The Labute approximate surface area is 100 Å². The van der Waals surface area contributed by atoms with E-state index in [0.29, 0.717) is 5.11 Å². The number of carbonyl (C=O) groups excluding carboxylic acids is 1. The Bertz CT molecular complexity index is 365. The zero-order valence-corrected chi connectivity index (χ0v) is 10.1. The lowest BCUT2D eigenvalue weighted by molar-refractivity contribution is -0.124. The third kappa shape index (κ3) is 4.27. The van der Waals surface area contributed by atoms with Crippen LogP contribution in [-0.4, -0.2) is 11.0 Å². The second-order valence-corrected chi connectivity index (χ2v) is 4.00. The highest BCUT2D eigenvalue weighted by Gasteiger charge is 2.05. The number of hydrogen-bond donors (Lipinski definition) is 3. The van der Waals surface area contributed by atoms with Crippen molar-refractivity contribution in [3.8, 4) is 0 Å². The molecule has 0 saturated carbocycles. The lowest BCUT2D eigenvalue weighted by atomic mass is 10.2. The average Bonchev–Trinajstić information content (AvgIpc) is 2.27. The molecule has 0 aliphatic heterocycles. The van der Waals surface area contributed by atoms with Crippen LogP contribution in [0, 0.1) is 5.92 Å². The van der Waals surface area contributed by atoms with E-state index in [9.17, 15) is 4.79 Å². The minimum Gasteiger partial charge on any atom is -0.331 e. The van der Waals surface area contributed by atoms with Gasteiger partial charge in [0, 0.05) is 11.6 Å². The molecule has 0 spiro atoms. The van der Waals surface area contributed by atoms with Gasteiger partial charge < -0.3 is 5.32 Å². The monoisotopic (exact) mass is 237 g/mol. The van der Waals surface area contributed by atoms with Crippen LogP contribution in [0.3, 0.4) is 0 Å². The molecule has 1 amide bonds. The molecule has 0 atom stereocenters. The fourth-order valence-corrected chi connectivity index (χ4v) is 1.12. The van der Waals surface area contributed by atoms with E-state index in [1.165, 1.54) is 0 Å². The molecule has 0 saturated heterocycles. The fourth-order valence-electron chi connectivity index (χ4n) is 0.947. The van der Waals surface area contributed by atoms with Gasteiger partial charge in [0.05, 0.1) is 0 Å². The number of hydrogen-bond acceptors (Lipinski definition) is 2. The van der Waals surface area contributed by atoms with Gasteiger partial charge in [-0.1, -0.05) is 32.0 Å². The summed E-state index contributed by atoms with van der Waals surface area (Å²) in [4.78, 5) is 11.2. The van der Waals surface area contributed by atoms with Crippen molar-refractivity contribution >= 4 is 28.9 Å². The number of carbonyl (C=O) groups is 1. The van der Waals surface area contributed by atoms with Gasteiger partial charge in [-0.2, -0.15) is 0 Å². The second kappa shape index (κ2) is 6.07. The lowest BCUT2D eigenvalue weighted by Crippen LogP contribution is -2.45. The van der Waals surface area contributed by atoms with Crippen LogP contribution >= 0.6 is 12.2 Å². The Kier molecular flexibility index (Phi) is 4.72. The first kappa shape index (κ1) is 12.4. The molecular formula is C11H15N3OS. The number of thiocarbonyl (C=S) groups is 1. The standard InChI is InChI=1S/C11H15N3OS/c1-8(2)10(15)13-14-11(16)12-9-6-4-3-5-7-9/h3-8H,1-2H3,(H,13,15)(H2,12,14,16). The maximum atomic E-state index is 11.2. The highest BCUT2D eigenvalue weighted by Crippen LogP contribution is 2.03. The summed E-state index contributed by atoms with van der Waals surface area (Å²) < 4.78 is 0. The van der Waals surface area contributed by atoms with Gasteiger partial charge in [0.25, 0.3) is 0 Å². The molecular weight excluding hydrogens is 222 g/mol. The summed E-state index contributed by atoms with van der Waals surface area (Å²) in [6, 6.07) is 9.49. The number of nitrogens with one attached hydrogen (secondary N) is 3. The van der Waals surface area contributed by atoms with E-state index in [1.807, 2.05) is 44.2 Å². The lowest BCUT2D eigenvalue weighted by Gasteiger charge is -2.12. The van der Waals surface area contributed by atoms with Crippen LogP contribution in [0.15, 0.2) is 30.3 Å². The van der Waals surface area contributed by atoms with E-state index in [4.69, 9.17) is 12.2 Å². The molecule has 0 fully saturated rings. The topological polar surface area (TPSA) is 53.2 Å². The van der Waals surface area contributed by atoms with E-state index < -0.39 is 0 Å². The van der Waals surface area contributed by atoms with Gasteiger partial charge in [0.2, 0.25) is 5.91 Å². The van der Waals surface area contributed by atoms with Crippen molar-refractivity contribution in [3.63, 3.8) is 0 Å². The summed E-state index contributed by atoms with van der Waals surface area (Å²) in [6.07, 6.45) is 0. The number of amides is 1. The zero-order chi connectivity index (χ0) is 12.0. The quantitative estimate of drug-likeness (QED) is 0.541. The predicted octanol–water partition coefficient (Wildman–Crippen LogP) is 1.66. The SMILES string of the molecule is CC(C)C(=O)NNC(=S)Nc1ccccc1. The molecule has 86 valence electrons. The minimum atomic E-state index is -0.0998. The average molecular weight is 237 g/mol. The van der Waals surface area contributed by atoms with Crippen LogP contribution in [0.1, 0.15) is 13.8 Å². The van der Waals surface area contributed by atoms with Crippen molar-refractivity contribution in [1.29, 1.82) is 0 Å². The first-order chi connectivity index (χ1) is 7.59. The highest BCUT2D eigenvalue weighted by molar-refractivity contribution is 7.80. The smallest absolute Gasteiger partial charge is 0.240 e. The normalized spacial score (nSPS) is 9.69. The van der Waals surface area contributed by atoms with Gasteiger partial charge in [-0.3, -0.25) is 15.6 Å². The molecule has 3 N–H and O–H groups in total. The molecule has 1 aromatic carbocycles. The van der Waals surface area contributed by atoms with Gasteiger partial charge >= 0.3 is 0 Å². The molecule has 0 aliphatic carbocycles. The van der Waals surface area contributed by atoms with Crippen LogP contribution in [0.5, 0.6) is 0 Å². The number of para-hydroxylation sites is 1. The molecule has 0 heterocycles. The van der Waals surface area contributed by atoms with Crippen LogP contribution < -0.4 is 16.2 Å². The van der Waals surface area contributed by atoms with Gasteiger partial charge in [-0.25, -0.2) is 0 Å². The van der Waals surface area contributed by atoms with E-state index in [-0.39, 0.29) is 11.8 Å². The third-order valence-electron chi connectivity index (χ3n) is 1.86. The Morgan fingerprint density at radius 1 is 1.19 bits per heavy atom. The minimum absolute atomic E-state index is 0.0768. The summed E-state index contributed by atoms with van der Waals surface area (Å²) in [5, 5.41) is 3.30. The molecule has 0 bridgehead atoms. The Morgan fingerprint density at radius 3 is 2.38 bits per heavy atom. The fraction of sp³-hybridized carbons (Fsp3) is 0.273. The molecule has 0 radical (unpaired) electrons. The predicted molar refractivity (Wildman–Crippen MR) is 68.8 cm³/mol. The Hall–Kier alpha value is -1.62. The molecule has 0 aromatic heterocycles. The third-order valence-corrected chi connectivity index (χ3v) is 2.06. The summed E-state index contributed by atoms with van der Waals surface area (Å²) in [7, 11) is 0. The van der Waals surface area contributed by atoms with E-state index in [1.54, 1.807) is 0 Å². The van der Waals surface area contributed by atoms with Gasteiger partial charge in [-0.05, 0) is 24.4 Å². The van der Waals surface area contributed by atoms with Crippen LogP contribution in [0.25, 0.3) is 0 Å². The van der Waals surface area contributed by atoms with Crippen molar-refractivity contribution in [2.24, 2.45) is 5.92 Å². The molecule has 0 aliphatic rings. The molecule has 0 unspecified atom stereocenters. The summed E-state index contributed by atoms with van der Waals surface area (Å²) in [5.41, 5.74) is 6.02. The van der Waals surface area contributed by atoms with E-state index in [2.05, 4.69) is 16.2 Å². The van der Waals surface area contributed by atoms with Crippen molar-refractivity contribution in [1.82, 2.24) is 10.9 Å². The van der Waals surface area contributed by atoms with Crippen molar-refractivity contribution in [2.45, 2.75) is 13.8 Å². The maximum Gasteiger partial charge on any atom is 0.240 e. The first-order valence-electron chi connectivity index (χ1n) is 5.01. The molecule has 1 aromatic rings. The van der Waals surface area contributed by atoms with Gasteiger partial charge in [0.1, 0.15) is 0 Å². The van der Waals surface area contributed by atoms with Crippen LogP contribution in [-0.2, 0) is 4.79 Å². The second-order valence-electron chi connectivity index (χ2n) is 3.59. The molecule has 1 rings (SSSR count). The zero-order valence-electron chi connectivity index (χ0n) is 9.28. The van der Waals surface area contributed by atoms with Crippen molar-refractivity contribution < 1.29 is 4.79 Å². The number of benzene rings is 1.